The number of hydrogen-bond acceptors (Lipinski definition) is 3. The Morgan fingerprint density at radius 2 is 1.92 bits per heavy atom. The van der Waals surface area contributed by atoms with Gasteiger partial charge in [0.25, 0.3) is 5.91 Å². The van der Waals surface area contributed by atoms with E-state index in [2.05, 4.69) is 32.5 Å². The maximum Gasteiger partial charge on any atom is 0.277 e. The van der Waals surface area contributed by atoms with Crippen LogP contribution in [0.1, 0.15) is 11.1 Å². The molecule has 3 aromatic rings. The molecule has 0 fully saturated rings. The smallest absolute Gasteiger partial charge is 0.277 e. The van der Waals surface area contributed by atoms with Crippen molar-refractivity contribution in [3.8, 4) is 5.75 Å². The number of hydrogen-bond donors (Lipinski definition) is 1. The third-order valence-electron chi connectivity index (χ3n) is 3.62. The number of halogens is 1. The fraction of sp³-hybridized carbons (Fsp3) is 0.100. The molecule has 0 saturated carbocycles. The molecule has 4 nitrogen and oxygen atoms in total. The molecule has 0 atom stereocenters. The largest absolute Gasteiger partial charge is 0.483 e. The van der Waals surface area contributed by atoms with E-state index < -0.39 is 0 Å². The first-order chi connectivity index (χ1) is 12.1. The van der Waals surface area contributed by atoms with Gasteiger partial charge in [-0.1, -0.05) is 42.5 Å². The van der Waals surface area contributed by atoms with Crippen molar-refractivity contribution in [1.82, 2.24) is 5.43 Å². The van der Waals surface area contributed by atoms with Crippen LogP contribution in [0.4, 0.5) is 0 Å². The highest BCUT2D eigenvalue weighted by Crippen LogP contribution is 2.25. The van der Waals surface area contributed by atoms with Crippen molar-refractivity contribution in [2.75, 3.05) is 6.61 Å². The SMILES string of the molecule is Cc1ccc(OCC(=O)NN=Cc2ccc3ccccc3c2)c(Br)c1. The normalized spacial score (nSPS) is 11.0. The molecule has 126 valence electrons. The minimum Gasteiger partial charge on any atom is -0.483 e. The van der Waals surface area contributed by atoms with Crippen LogP contribution in [0.25, 0.3) is 10.8 Å². The minimum absolute atomic E-state index is 0.100. The number of aryl methyl sites for hydroxylation is 1. The second-order valence-electron chi connectivity index (χ2n) is 5.62. The first kappa shape index (κ1) is 17.2. The molecule has 1 N–H and O–H groups in total. The average Bonchev–Trinajstić information content (AvgIpc) is 2.61. The number of benzene rings is 3. The van der Waals surface area contributed by atoms with Crippen molar-refractivity contribution in [2.45, 2.75) is 6.92 Å². The summed E-state index contributed by atoms with van der Waals surface area (Å²) in [5, 5.41) is 6.28. The number of hydrazone groups is 1. The van der Waals surface area contributed by atoms with Gasteiger partial charge in [-0.15, -0.1) is 0 Å². The van der Waals surface area contributed by atoms with E-state index in [-0.39, 0.29) is 12.5 Å². The maximum atomic E-state index is 11.8. The molecule has 3 aromatic carbocycles. The topological polar surface area (TPSA) is 50.7 Å². The van der Waals surface area contributed by atoms with Crippen molar-refractivity contribution >= 4 is 38.8 Å². The van der Waals surface area contributed by atoms with Crippen LogP contribution in [0.3, 0.4) is 0 Å². The van der Waals surface area contributed by atoms with Crippen molar-refractivity contribution in [3.63, 3.8) is 0 Å². The highest BCUT2D eigenvalue weighted by molar-refractivity contribution is 9.10. The Hall–Kier alpha value is -2.66. The van der Waals surface area contributed by atoms with Crippen LogP contribution >= 0.6 is 15.9 Å². The molecule has 0 radical (unpaired) electrons. The maximum absolute atomic E-state index is 11.8. The molecule has 0 heterocycles. The number of ether oxygens (including phenoxy) is 1. The first-order valence-electron chi connectivity index (χ1n) is 7.81. The zero-order valence-corrected chi connectivity index (χ0v) is 15.3. The van der Waals surface area contributed by atoms with Gasteiger partial charge >= 0.3 is 0 Å². The summed E-state index contributed by atoms with van der Waals surface area (Å²) in [6.45, 7) is 1.89. The van der Waals surface area contributed by atoms with E-state index in [0.717, 1.165) is 21.0 Å². The number of carbonyl (C=O) groups is 1. The summed E-state index contributed by atoms with van der Waals surface area (Å²) in [6.07, 6.45) is 1.62. The Kier molecular flexibility index (Phi) is 5.46. The first-order valence-corrected chi connectivity index (χ1v) is 8.61. The van der Waals surface area contributed by atoms with E-state index >= 15 is 0 Å². The molecular weight excluding hydrogens is 380 g/mol. The van der Waals surface area contributed by atoms with Crippen molar-refractivity contribution < 1.29 is 9.53 Å². The van der Waals surface area contributed by atoms with Crippen LogP contribution in [-0.2, 0) is 4.79 Å². The molecule has 0 aromatic heterocycles. The number of amides is 1. The number of nitrogens with zero attached hydrogens (tertiary/aromatic N) is 1. The molecule has 5 heteroatoms. The van der Waals surface area contributed by atoms with Gasteiger partial charge in [0, 0.05) is 0 Å². The standard InChI is InChI=1S/C20H17BrN2O2/c1-14-6-9-19(18(21)10-14)25-13-20(24)23-22-12-15-7-8-16-4-2-3-5-17(16)11-15/h2-12H,13H2,1H3,(H,23,24). The van der Waals surface area contributed by atoms with Crippen LogP contribution < -0.4 is 10.2 Å². The van der Waals surface area contributed by atoms with E-state index in [0.29, 0.717) is 5.75 Å². The van der Waals surface area contributed by atoms with E-state index in [9.17, 15) is 4.79 Å². The molecular formula is C20H17BrN2O2. The van der Waals surface area contributed by atoms with Crippen molar-refractivity contribution in [2.24, 2.45) is 5.10 Å². The third kappa shape index (κ3) is 4.67. The fourth-order valence-electron chi connectivity index (χ4n) is 2.37. The lowest BCUT2D eigenvalue weighted by Crippen LogP contribution is -2.24. The predicted molar refractivity (Wildman–Crippen MR) is 104 cm³/mol. The zero-order chi connectivity index (χ0) is 17.6. The van der Waals surface area contributed by atoms with Gasteiger partial charge in [0.1, 0.15) is 5.75 Å². The second kappa shape index (κ2) is 7.94. The molecule has 0 aliphatic heterocycles. The molecule has 3 rings (SSSR count). The van der Waals surface area contributed by atoms with Gasteiger partial charge in [0.05, 0.1) is 10.7 Å². The van der Waals surface area contributed by atoms with Crippen LogP contribution in [0.15, 0.2) is 70.2 Å². The molecule has 25 heavy (non-hydrogen) atoms. The van der Waals surface area contributed by atoms with E-state index in [1.807, 2.05) is 61.5 Å². The highest BCUT2D eigenvalue weighted by atomic mass is 79.9. The van der Waals surface area contributed by atoms with Gasteiger partial charge in [-0.25, -0.2) is 5.43 Å². The van der Waals surface area contributed by atoms with Gasteiger partial charge in [-0.2, -0.15) is 5.10 Å². The summed E-state index contributed by atoms with van der Waals surface area (Å²) in [6, 6.07) is 19.8. The Labute approximate surface area is 154 Å². The minimum atomic E-state index is -0.315. The highest BCUT2D eigenvalue weighted by Gasteiger charge is 2.05. The van der Waals surface area contributed by atoms with Crippen molar-refractivity contribution in [1.29, 1.82) is 0 Å². The summed E-state index contributed by atoms with van der Waals surface area (Å²) < 4.78 is 6.30. The zero-order valence-electron chi connectivity index (χ0n) is 13.7. The van der Waals surface area contributed by atoms with Gasteiger partial charge in [-0.3, -0.25) is 4.79 Å². The molecule has 0 unspecified atom stereocenters. The third-order valence-corrected chi connectivity index (χ3v) is 4.24. The van der Waals surface area contributed by atoms with E-state index in [1.54, 1.807) is 6.21 Å². The second-order valence-corrected chi connectivity index (χ2v) is 6.48. The molecule has 0 bridgehead atoms. The Morgan fingerprint density at radius 3 is 2.72 bits per heavy atom. The van der Waals surface area contributed by atoms with E-state index in [4.69, 9.17) is 4.74 Å². The van der Waals surface area contributed by atoms with Gasteiger partial charge < -0.3 is 4.74 Å². The number of carbonyl (C=O) groups excluding carboxylic acids is 1. The Balaban J connectivity index is 1.54. The lowest BCUT2D eigenvalue weighted by atomic mass is 10.1. The average molecular weight is 397 g/mol. The monoisotopic (exact) mass is 396 g/mol. The summed E-state index contributed by atoms with van der Waals surface area (Å²) in [5.74, 6) is 0.309. The summed E-state index contributed by atoms with van der Waals surface area (Å²) in [7, 11) is 0. The number of fused-ring (bicyclic) bond motifs is 1. The fourth-order valence-corrected chi connectivity index (χ4v) is 2.97. The lowest BCUT2D eigenvalue weighted by Gasteiger charge is -2.07. The Bertz CT molecular complexity index is 938. The molecule has 0 saturated heterocycles. The van der Waals surface area contributed by atoms with Crippen LogP contribution in [-0.4, -0.2) is 18.7 Å². The summed E-state index contributed by atoms with van der Waals surface area (Å²) in [5.41, 5.74) is 4.50. The Morgan fingerprint density at radius 1 is 1.12 bits per heavy atom. The van der Waals surface area contributed by atoms with E-state index in [1.165, 1.54) is 5.39 Å². The summed E-state index contributed by atoms with van der Waals surface area (Å²) >= 11 is 3.41. The quantitative estimate of drug-likeness (QED) is 0.511. The molecule has 0 aliphatic carbocycles. The number of nitrogens with one attached hydrogen (secondary N) is 1. The predicted octanol–water partition coefficient (Wildman–Crippen LogP) is 4.44. The van der Waals surface area contributed by atoms with Gasteiger partial charge in [0.2, 0.25) is 0 Å². The van der Waals surface area contributed by atoms with Crippen molar-refractivity contribution in [3.05, 3.63) is 76.3 Å². The lowest BCUT2D eigenvalue weighted by molar-refractivity contribution is -0.123. The molecule has 0 spiro atoms. The summed E-state index contributed by atoms with van der Waals surface area (Å²) in [4.78, 5) is 11.8. The van der Waals surface area contributed by atoms with Crippen LogP contribution in [0.5, 0.6) is 5.75 Å². The van der Waals surface area contributed by atoms with Crippen LogP contribution in [0, 0.1) is 6.92 Å². The molecule has 1 amide bonds. The van der Waals surface area contributed by atoms with Gasteiger partial charge in [0.15, 0.2) is 6.61 Å². The number of rotatable bonds is 5. The van der Waals surface area contributed by atoms with Crippen LogP contribution in [0.2, 0.25) is 0 Å². The molecule has 0 aliphatic rings. The van der Waals surface area contributed by atoms with Gasteiger partial charge in [-0.05, 0) is 63.0 Å².